The van der Waals surface area contributed by atoms with Crippen molar-refractivity contribution in [1.29, 1.82) is 0 Å². The lowest BCUT2D eigenvalue weighted by molar-refractivity contribution is -0.0572. The van der Waals surface area contributed by atoms with Crippen LogP contribution in [0.3, 0.4) is 0 Å². The third kappa shape index (κ3) is 0.976. The molecule has 11 heavy (non-hydrogen) atoms. The first-order valence-electron chi connectivity index (χ1n) is 3.68. The maximum Gasteiger partial charge on any atom is 0.266 e. The van der Waals surface area contributed by atoms with E-state index < -0.39 is 5.72 Å². The average molecular weight is 151 g/mol. The van der Waals surface area contributed by atoms with E-state index in [4.69, 9.17) is 11.4 Å². The van der Waals surface area contributed by atoms with Gasteiger partial charge in [-0.05, 0) is 12.8 Å². The van der Waals surface area contributed by atoms with E-state index >= 15 is 0 Å². The molecule has 2 aliphatic rings. The zero-order chi connectivity index (χ0) is 7.73. The number of hydrogen-bond donors (Lipinski definition) is 1. The van der Waals surface area contributed by atoms with Crippen LogP contribution in [0, 0.1) is 12.5 Å². The summed E-state index contributed by atoms with van der Waals surface area (Å²) in [4.78, 5) is 12.7. The monoisotopic (exact) mass is 151 g/mol. The van der Waals surface area contributed by atoms with Gasteiger partial charge in [0.1, 0.15) is 6.34 Å². The van der Waals surface area contributed by atoms with Crippen molar-refractivity contribution < 1.29 is 4.84 Å². The minimum atomic E-state index is -0.540. The first kappa shape index (κ1) is 6.62. The molecule has 58 valence electrons. The Morgan fingerprint density at radius 3 is 3.09 bits per heavy atom. The molecule has 0 radical (unpaired) electrons. The maximum absolute atomic E-state index is 6.76. The fourth-order valence-corrected chi connectivity index (χ4v) is 1.33. The van der Waals surface area contributed by atoms with Gasteiger partial charge in [0.05, 0.1) is 0 Å². The molecule has 0 aromatic rings. The molecular weight excluding hydrogens is 142 g/mol. The molecule has 1 unspecified atom stereocenters. The highest BCUT2D eigenvalue weighted by Gasteiger charge is 2.51. The summed E-state index contributed by atoms with van der Waals surface area (Å²) < 4.78 is 0. The Labute approximate surface area is 65.0 Å². The second-order valence-electron chi connectivity index (χ2n) is 2.91. The van der Waals surface area contributed by atoms with Crippen LogP contribution in [0.1, 0.15) is 12.8 Å². The molecule has 2 rings (SSSR count). The zero-order valence-electron chi connectivity index (χ0n) is 6.08. The van der Waals surface area contributed by atoms with Crippen molar-refractivity contribution in [2.75, 3.05) is 6.54 Å². The largest absolute Gasteiger partial charge is 0.311 e. The van der Waals surface area contributed by atoms with E-state index in [1.54, 1.807) is 0 Å². The molecule has 4 heteroatoms. The Kier molecular flexibility index (Phi) is 1.33. The van der Waals surface area contributed by atoms with Gasteiger partial charge >= 0.3 is 0 Å². The molecule has 0 spiro atoms. The van der Waals surface area contributed by atoms with E-state index in [0.29, 0.717) is 12.5 Å². The van der Waals surface area contributed by atoms with Crippen LogP contribution >= 0.6 is 0 Å². The van der Waals surface area contributed by atoms with Crippen LogP contribution in [-0.2, 0) is 4.84 Å². The summed E-state index contributed by atoms with van der Waals surface area (Å²) in [5.74, 6) is 0.461. The summed E-state index contributed by atoms with van der Waals surface area (Å²) in [6.45, 7) is 7.09. The molecule has 1 heterocycles. The fourth-order valence-electron chi connectivity index (χ4n) is 1.33. The Balaban J connectivity index is 2.13. The number of nitrogens with one attached hydrogen (secondary N) is 1. The van der Waals surface area contributed by atoms with Gasteiger partial charge in [-0.3, -0.25) is 5.48 Å². The summed E-state index contributed by atoms with van der Waals surface area (Å²) in [6.07, 6.45) is 3.80. The normalized spacial score (nSPS) is 34.8. The van der Waals surface area contributed by atoms with Crippen molar-refractivity contribution in [3.63, 3.8) is 0 Å². The smallest absolute Gasteiger partial charge is 0.266 e. The van der Waals surface area contributed by atoms with Crippen LogP contribution in [0.25, 0.3) is 4.85 Å². The summed E-state index contributed by atoms with van der Waals surface area (Å²) in [6, 6.07) is 0. The molecule has 0 bridgehead atoms. The van der Waals surface area contributed by atoms with Gasteiger partial charge in [0.15, 0.2) is 0 Å². The highest BCUT2D eigenvalue weighted by molar-refractivity contribution is 5.55. The summed E-state index contributed by atoms with van der Waals surface area (Å²) >= 11 is 0. The van der Waals surface area contributed by atoms with Crippen molar-refractivity contribution in [1.82, 2.24) is 5.48 Å². The third-order valence-electron chi connectivity index (χ3n) is 2.09. The van der Waals surface area contributed by atoms with E-state index in [2.05, 4.69) is 15.3 Å². The van der Waals surface area contributed by atoms with E-state index in [1.807, 2.05) is 0 Å². The van der Waals surface area contributed by atoms with E-state index in [0.717, 1.165) is 12.8 Å². The first-order valence-corrected chi connectivity index (χ1v) is 3.68. The van der Waals surface area contributed by atoms with Gasteiger partial charge in [0, 0.05) is 5.92 Å². The van der Waals surface area contributed by atoms with Gasteiger partial charge in [-0.15, -0.1) is 0 Å². The highest BCUT2D eigenvalue weighted by atomic mass is 16.7. The van der Waals surface area contributed by atoms with Crippen molar-refractivity contribution in [2.45, 2.75) is 18.6 Å². The number of aliphatic imine (C=N–C) groups is 1. The Morgan fingerprint density at radius 1 is 1.82 bits per heavy atom. The topological polar surface area (TPSA) is 38.0 Å². The summed E-state index contributed by atoms with van der Waals surface area (Å²) in [5, 5.41) is 0. The lowest BCUT2D eigenvalue weighted by atomic mass is 10.1. The molecule has 4 nitrogen and oxygen atoms in total. The van der Waals surface area contributed by atoms with Crippen LogP contribution in [0.5, 0.6) is 0 Å². The lowest BCUT2D eigenvalue weighted by Crippen LogP contribution is -2.34. The minimum Gasteiger partial charge on any atom is -0.311 e. The Bertz CT molecular complexity index is 228. The van der Waals surface area contributed by atoms with Crippen LogP contribution < -0.4 is 5.48 Å². The van der Waals surface area contributed by atoms with Crippen molar-refractivity contribution in [3.8, 4) is 0 Å². The number of rotatable bonds is 2. The molecule has 0 saturated heterocycles. The average Bonchev–Trinajstić information content (AvgIpc) is 2.76. The van der Waals surface area contributed by atoms with Crippen LogP contribution in [0.2, 0.25) is 0 Å². The zero-order valence-corrected chi connectivity index (χ0v) is 6.08. The highest BCUT2D eigenvalue weighted by Crippen LogP contribution is 2.43. The van der Waals surface area contributed by atoms with E-state index in [9.17, 15) is 0 Å². The van der Waals surface area contributed by atoms with Crippen molar-refractivity contribution in [2.24, 2.45) is 10.9 Å². The summed E-state index contributed by atoms with van der Waals surface area (Å²) in [5.41, 5.74) is 2.04. The molecule has 0 amide bonds. The van der Waals surface area contributed by atoms with Gasteiger partial charge in [-0.25, -0.2) is 16.4 Å². The molecule has 1 fully saturated rings. The predicted octanol–water partition coefficient (Wildman–Crippen LogP) is 0.575. The first-order chi connectivity index (χ1) is 5.37. The lowest BCUT2D eigenvalue weighted by Gasteiger charge is -2.16. The molecule has 1 aliphatic heterocycles. The number of hydroxylamine groups is 1. The minimum absolute atomic E-state index is 0.334. The molecule has 0 aromatic heterocycles. The standard InChI is InChI=1S/C7H9N3O/c1-8-4-7(6-2-3-6)9-5-10-11-7/h5-6H,2-4H2,(H,9,10). The van der Waals surface area contributed by atoms with Gasteiger partial charge in [0.25, 0.3) is 12.3 Å². The Hall–Kier alpha value is -1.08. The number of hydrogen-bond acceptors (Lipinski definition) is 3. The predicted molar refractivity (Wildman–Crippen MR) is 39.6 cm³/mol. The van der Waals surface area contributed by atoms with Gasteiger partial charge in [-0.1, -0.05) is 0 Å². The maximum atomic E-state index is 6.76. The van der Waals surface area contributed by atoms with Gasteiger partial charge < -0.3 is 4.85 Å². The third-order valence-corrected chi connectivity index (χ3v) is 2.09. The molecule has 1 aliphatic carbocycles. The SMILES string of the molecule is [C-]#[N+]CC1(C2CC2)N=CNO1. The van der Waals surface area contributed by atoms with Gasteiger partial charge in [0.2, 0.25) is 0 Å². The molecular formula is C7H9N3O. The fraction of sp³-hybridized carbons (Fsp3) is 0.714. The van der Waals surface area contributed by atoms with E-state index in [1.165, 1.54) is 6.34 Å². The van der Waals surface area contributed by atoms with E-state index in [-0.39, 0.29) is 0 Å². The second kappa shape index (κ2) is 2.21. The molecule has 1 N–H and O–H groups in total. The van der Waals surface area contributed by atoms with Crippen molar-refractivity contribution >= 4 is 6.34 Å². The second-order valence-corrected chi connectivity index (χ2v) is 2.91. The summed E-state index contributed by atoms with van der Waals surface area (Å²) in [7, 11) is 0. The van der Waals surface area contributed by atoms with Crippen molar-refractivity contribution in [3.05, 3.63) is 11.4 Å². The van der Waals surface area contributed by atoms with Crippen LogP contribution in [-0.4, -0.2) is 18.6 Å². The Morgan fingerprint density at radius 2 is 2.64 bits per heavy atom. The quantitative estimate of drug-likeness (QED) is 0.586. The van der Waals surface area contributed by atoms with Crippen LogP contribution in [0.15, 0.2) is 4.99 Å². The number of nitrogens with zero attached hydrogens (tertiary/aromatic N) is 2. The van der Waals surface area contributed by atoms with Crippen LogP contribution in [0.4, 0.5) is 0 Å². The molecule has 0 aromatic carbocycles. The molecule has 1 atom stereocenters. The molecule has 1 saturated carbocycles. The van der Waals surface area contributed by atoms with Gasteiger partial charge in [-0.2, -0.15) is 0 Å².